The van der Waals surface area contributed by atoms with E-state index in [1.165, 1.54) is 11.3 Å². The molecule has 1 aliphatic heterocycles. The zero-order valence-corrected chi connectivity index (χ0v) is 21.2. The molecular formula is C26H26N6O4S. The molecule has 10 nitrogen and oxygen atoms in total. The SMILES string of the molecule is Cc1onc(-c2ccccc2)c1C(=O)N1CCC(c2nc(C(=O)NNC(=O)c3cccn3C)cs2)CC1. The summed E-state index contributed by atoms with van der Waals surface area (Å²) in [6.45, 7) is 2.89. The molecule has 0 radical (unpaired) electrons. The van der Waals surface area contributed by atoms with Crippen LogP contribution in [0.2, 0.25) is 0 Å². The van der Waals surface area contributed by atoms with Gasteiger partial charge in [-0.1, -0.05) is 35.5 Å². The molecule has 0 unspecified atom stereocenters. The zero-order chi connectivity index (χ0) is 25.9. The van der Waals surface area contributed by atoms with Crippen LogP contribution in [0, 0.1) is 6.92 Å². The lowest BCUT2D eigenvalue weighted by molar-refractivity contribution is 0.0711. The smallest absolute Gasteiger partial charge is 0.289 e. The van der Waals surface area contributed by atoms with E-state index in [0.717, 1.165) is 23.4 Å². The van der Waals surface area contributed by atoms with E-state index in [1.807, 2.05) is 35.2 Å². The Morgan fingerprint density at radius 3 is 2.46 bits per heavy atom. The van der Waals surface area contributed by atoms with E-state index in [1.54, 1.807) is 42.2 Å². The molecule has 3 amide bonds. The lowest BCUT2D eigenvalue weighted by atomic mass is 9.96. The first-order chi connectivity index (χ1) is 17.9. The summed E-state index contributed by atoms with van der Waals surface area (Å²) in [4.78, 5) is 44.4. The number of nitrogens with one attached hydrogen (secondary N) is 2. The summed E-state index contributed by atoms with van der Waals surface area (Å²) in [5.74, 6) is -0.336. The lowest BCUT2D eigenvalue weighted by Gasteiger charge is -2.31. The molecule has 37 heavy (non-hydrogen) atoms. The van der Waals surface area contributed by atoms with Crippen LogP contribution >= 0.6 is 11.3 Å². The number of hydrogen-bond donors (Lipinski definition) is 2. The van der Waals surface area contributed by atoms with E-state index >= 15 is 0 Å². The molecule has 0 saturated carbocycles. The zero-order valence-electron chi connectivity index (χ0n) is 20.4. The van der Waals surface area contributed by atoms with Gasteiger partial charge in [-0.15, -0.1) is 11.3 Å². The number of piperidine rings is 1. The number of nitrogens with zero attached hydrogens (tertiary/aromatic N) is 4. The van der Waals surface area contributed by atoms with Gasteiger partial charge in [0.2, 0.25) is 0 Å². The topological polar surface area (TPSA) is 122 Å². The van der Waals surface area contributed by atoms with Crippen LogP contribution < -0.4 is 10.9 Å². The summed E-state index contributed by atoms with van der Waals surface area (Å²) in [5.41, 5.74) is 7.40. The Bertz CT molecular complexity index is 1430. The fourth-order valence-corrected chi connectivity index (χ4v) is 5.39. The predicted molar refractivity (Wildman–Crippen MR) is 137 cm³/mol. The molecule has 2 N–H and O–H groups in total. The van der Waals surface area contributed by atoms with Gasteiger partial charge in [0.15, 0.2) is 0 Å². The normalized spacial score (nSPS) is 13.9. The van der Waals surface area contributed by atoms with Gasteiger partial charge < -0.3 is 14.0 Å². The van der Waals surface area contributed by atoms with Crippen molar-refractivity contribution in [3.8, 4) is 11.3 Å². The minimum atomic E-state index is -0.478. The maximum Gasteiger partial charge on any atom is 0.289 e. The van der Waals surface area contributed by atoms with E-state index in [4.69, 9.17) is 4.52 Å². The first-order valence-corrected chi connectivity index (χ1v) is 12.8. The number of thiazole rings is 1. The fraction of sp³-hybridized carbons (Fsp3) is 0.269. The number of hydrogen-bond acceptors (Lipinski definition) is 7. The Hall–Kier alpha value is -4.25. The van der Waals surface area contributed by atoms with Gasteiger partial charge in [0.25, 0.3) is 17.7 Å². The Morgan fingerprint density at radius 2 is 1.76 bits per heavy atom. The Balaban J connectivity index is 1.18. The average Bonchev–Trinajstić information content (AvgIpc) is 3.67. The monoisotopic (exact) mass is 518 g/mol. The van der Waals surface area contributed by atoms with Crippen LogP contribution in [0.25, 0.3) is 11.3 Å². The molecule has 11 heteroatoms. The summed E-state index contributed by atoms with van der Waals surface area (Å²) in [5, 5.41) is 6.66. The Kier molecular flexibility index (Phi) is 6.87. The highest BCUT2D eigenvalue weighted by molar-refractivity contribution is 7.09. The fourth-order valence-electron chi connectivity index (χ4n) is 4.42. The average molecular weight is 519 g/mol. The van der Waals surface area contributed by atoms with Gasteiger partial charge in [-0.05, 0) is 31.9 Å². The second-order valence-corrected chi connectivity index (χ2v) is 9.77. The summed E-state index contributed by atoms with van der Waals surface area (Å²) >= 11 is 1.41. The molecular weight excluding hydrogens is 492 g/mol. The van der Waals surface area contributed by atoms with Crippen molar-refractivity contribution in [2.75, 3.05) is 13.1 Å². The number of carbonyl (C=O) groups is 3. The second-order valence-electron chi connectivity index (χ2n) is 8.88. The molecule has 0 spiro atoms. The molecule has 4 aromatic rings. The van der Waals surface area contributed by atoms with Crippen LogP contribution in [0.4, 0.5) is 0 Å². The number of benzene rings is 1. The number of hydrazine groups is 1. The Labute approximate surface area is 217 Å². The molecule has 1 aliphatic rings. The standard InChI is InChI=1S/C26H26N6O4S/c1-16-21(22(30-36-16)17-7-4-3-5-8-17)26(35)32-13-10-18(11-14-32)25-27-19(15-37-25)23(33)28-29-24(34)20-9-6-12-31(20)2/h3-9,12,15,18H,10-11,13-14H2,1-2H3,(H,28,33)(H,29,34). The third-order valence-corrected chi connectivity index (χ3v) is 7.48. The number of amides is 3. The molecule has 1 fully saturated rings. The van der Waals surface area contributed by atoms with Crippen molar-refractivity contribution < 1.29 is 18.9 Å². The molecule has 3 aromatic heterocycles. The minimum Gasteiger partial charge on any atom is -0.360 e. The Morgan fingerprint density at radius 1 is 1.03 bits per heavy atom. The van der Waals surface area contributed by atoms with E-state index < -0.39 is 11.8 Å². The van der Waals surface area contributed by atoms with Crippen molar-refractivity contribution in [2.45, 2.75) is 25.7 Å². The van der Waals surface area contributed by atoms with Gasteiger partial charge >= 0.3 is 0 Å². The highest BCUT2D eigenvalue weighted by Crippen LogP contribution is 2.32. The van der Waals surface area contributed by atoms with E-state index in [9.17, 15) is 14.4 Å². The van der Waals surface area contributed by atoms with Crippen LogP contribution in [0.1, 0.15) is 60.9 Å². The first kappa shape index (κ1) is 24.4. The van der Waals surface area contributed by atoms with Crippen LogP contribution in [0.5, 0.6) is 0 Å². The van der Waals surface area contributed by atoms with Crippen molar-refractivity contribution in [3.63, 3.8) is 0 Å². The lowest BCUT2D eigenvalue weighted by Crippen LogP contribution is -2.42. The van der Waals surface area contributed by atoms with Crippen LogP contribution in [-0.4, -0.2) is 50.4 Å². The molecule has 5 rings (SSSR count). The molecule has 1 aromatic carbocycles. The van der Waals surface area contributed by atoms with E-state index in [0.29, 0.717) is 35.8 Å². The summed E-state index contributed by atoms with van der Waals surface area (Å²) < 4.78 is 7.03. The number of aromatic nitrogens is 3. The van der Waals surface area contributed by atoms with Gasteiger partial charge in [0.1, 0.15) is 28.4 Å². The van der Waals surface area contributed by atoms with Crippen LogP contribution in [0.15, 0.2) is 58.6 Å². The van der Waals surface area contributed by atoms with Gasteiger partial charge in [-0.2, -0.15) is 0 Å². The van der Waals surface area contributed by atoms with Crippen molar-refractivity contribution in [1.82, 2.24) is 30.5 Å². The van der Waals surface area contributed by atoms with Gasteiger partial charge in [-0.25, -0.2) is 4.98 Å². The third kappa shape index (κ3) is 5.03. The van der Waals surface area contributed by atoms with Crippen LogP contribution in [0.3, 0.4) is 0 Å². The summed E-state index contributed by atoms with van der Waals surface area (Å²) in [7, 11) is 1.75. The number of likely N-dealkylation sites (tertiary alicyclic amines) is 1. The largest absolute Gasteiger partial charge is 0.360 e. The maximum atomic E-state index is 13.4. The molecule has 0 aliphatic carbocycles. The van der Waals surface area contributed by atoms with E-state index in [2.05, 4.69) is 21.0 Å². The highest BCUT2D eigenvalue weighted by atomic mass is 32.1. The van der Waals surface area contributed by atoms with Crippen molar-refractivity contribution >= 4 is 29.1 Å². The van der Waals surface area contributed by atoms with Crippen LogP contribution in [-0.2, 0) is 7.05 Å². The molecule has 190 valence electrons. The molecule has 0 bridgehead atoms. The summed E-state index contributed by atoms with van der Waals surface area (Å²) in [6, 6.07) is 12.9. The van der Waals surface area contributed by atoms with Gasteiger partial charge in [0.05, 0.1) is 5.01 Å². The van der Waals surface area contributed by atoms with E-state index in [-0.39, 0.29) is 17.5 Å². The number of rotatable bonds is 5. The number of aryl methyl sites for hydroxylation is 2. The van der Waals surface area contributed by atoms with Gasteiger partial charge in [-0.3, -0.25) is 25.2 Å². The predicted octanol–water partition coefficient (Wildman–Crippen LogP) is 3.54. The first-order valence-electron chi connectivity index (χ1n) is 11.9. The van der Waals surface area contributed by atoms with Crippen molar-refractivity contribution in [1.29, 1.82) is 0 Å². The maximum absolute atomic E-state index is 13.4. The van der Waals surface area contributed by atoms with Crippen molar-refractivity contribution in [3.05, 3.63) is 81.8 Å². The van der Waals surface area contributed by atoms with Crippen molar-refractivity contribution in [2.24, 2.45) is 7.05 Å². The quantitative estimate of drug-likeness (QED) is 0.390. The molecule has 4 heterocycles. The summed E-state index contributed by atoms with van der Waals surface area (Å²) in [6.07, 6.45) is 3.21. The molecule has 0 atom stereocenters. The number of carbonyl (C=O) groups excluding carboxylic acids is 3. The third-order valence-electron chi connectivity index (χ3n) is 6.48. The van der Waals surface area contributed by atoms with Gasteiger partial charge in [0, 0.05) is 43.2 Å². The minimum absolute atomic E-state index is 0.0933. The highest BCUT2D eigenvalue weighted by Gasteiger charge is 2.31. The molecule has 1 saturated heterocycles. The second kappa shape index (κ2) is 10.4.